The zero-order chi connectivity index (χ0) is 25.3. The Kier molecular flexibility index (Phi) is 10.1. The van der Waals surface area contributed by atoms with Gasteiger partial charge in [-0.05, 0) is 32.6 Å². The van der Waals surface area contributed by atoms with Gasteiger partial charge in [-0.2, -0.15) is 0 Å². The molecule has 0 aromatic carbocycles. The Labute approximate surface area is 200 Å². The summed E-state index contributed by atoms with van der Waals surface area (Å²) in [6.07, 6.45) is 4.62. The van der Waals surface area contributed by atoms with Gasteiger partial charge in [-0.1, -0.05) is 26.8 Å². The van der Waals surface area contributed by atoms with E-state index < -0.39 is 47.9 Å². The van der Waals surface area contributed by atoms with E-state index in [1.54, 1.807) is 24.1 Å². The molecular weight excluding hydrogens is 444 g/mol. The molecular formula is C24H36N2O8. The summed E-state index contributed by atoms with van der Waals surface area (Å²) in [6, 6.07) is 0. The Morgan fingerprint density at radius 3 is 2.21 bits per heavy atom. The summed E-state index contributed by atoms with van der Waals surface area (Å²) in [5, 5.41) is 0. The standard InChI is InChI=1S/C24H36N2O8/c1-5-9-18(27)31-15-17-21(32-19(28)10-6-2)22(33-20(29)11-7-3)24(4,34-17)26-13-8-12-16(14-26)23(25)30/h8,13-14,17,21-22H,5-7,9-12,15H2,1-4H3,(H2,25,30)/t17?,21-,22-,24+/m1/s1. The van der Waals surface area contributed by atoms with Crippen molar-refractivity contribution in [2.24, 2.45) is 5.73 Å². The van der Waals surface area contributed by atoms with Gasteiger partial charge in [0.05, 0.1) is 0 Å². The van der Waals surface area contributed by atoms with Gasteiger partial charge < -0.3 is 29.6 Å². The molecule has 1 unspecified atom stereocenters. The van der Waals surface area contributed by atoms with Gasteiger partial charge in [-0.25, -0.2) is 0 Å². The Morgan fingerprint density at radius 2 is 1.62 bits per heavy atom. The Morgan fingerprint density at radius 1 is 1.03 bits per heavy atom. The Hall–Kier alpha value is -2.88. The molecule has 2 aliphatic heterocycles. The first-order valence-corrected chi connectivity index (χ1v) is 11.8. The van der Waals surface area contributed by atoms with Crippen molar-refractivity contribution in [3.63, 3.8) is 0 Å². The van der Waals surface area contributed by atoms with E-state index in [-0.39, 0.29) is 25.9 Å². The minimum Gasteiger partial charge on any atom is -0.463 e. The maximum Gasteiger partial charge on any atom is 0.306 e. The number of nitrogens with zero attached hydrogens (tertiary/aromatic N) is 1. The number of allylic oxidation sites excluding steroid dienone is 1. The molecule has 4 atom stereocenters. The van der Waals surface area contributed by atoms with Crippen molar-refractivity contribution in [2.45, 2.75) is 96.7 Å². The summed E-state index contributed by atoms with van der Waals surface area (Å²) in [4.78, 5) is 50.3. The monoisotopic (exact) mass is 480 g/mol. The van der Waals surface area contributed by atoms with Crippen LogP contribution in [0.3, 0.4) is 0 Å². The lowest BCUT2D eigenvalue weighted by molar-refractivity contribution is -0.182. The van der Waals surface area contributed by atoms with E-state index in [1.165, 1.54) is 6.20 Å². The third kappa shape index (κ3) is 6.82. The average Bonchev–Trinajstić information content (AvgIpc) is 3.05. The molecule has 10 heteroatoms. The minimum absolute atomic E-state index is 0.163. The van der Waals surface area contributed by atoms with E-state index >= 15 is 0 Å². The predicted octanol–water partition coefficient (Wildman–Crippen LogP) is 2.46. The molecule has 2 heterocycles. The predicted molar refractivity (Wildman–Crippen MR) is 122 cm³/mol. The second kappa shape index (κ2) is 12.5. The number of rotatable bonds is 12. The lowest BCUT2D eigenvalue weighted by Crippen LogP contribution is -2.53. The number of primary amides is 1. The summed E-state index contributed by atoms with van der Waals surface area (Å²) in [6.45, 7) is 7.01. The van der Waals surface area contributed by atoms with E-state index in [4.69, 9.17) is 24.7 Å². The molecule has 0 aliphatic carbocycles. The number of amides is 1. The van der Waals surface area contributed by atoms with Crippen LogP contribution in [0.25, 0.3) is 0 Å². The molecule has 2 N–H and O–H groups in total. The maximum absolute atomic E-state index is 12.5. The van der Waals surface area contributed by atoms with E-state index in [0.29, 0.717) is 31.3 Å². The summed E-state index contributed by atoms with van der Waals surface area (Å²) in [7, 11) is 0. The lowest BCUT2D eigenvalue weighted by Gasteiger charge is -2.40. The molecule has 10 nitrogen and oxygen atoms in total. The molecule has 0 saturated carbocycles. The fourth-order valence-corrected chi connectivity index (χ4v) is 3.86. The second-order valence-corrected chi connectivity index (χ2v) is 8.52. The second-order valence-electron chi connectivity index (χ2n) is 8.52. The Bertz CT molecular complexity index is 824. The highest BCUT2D eigenvalue weighted by molar-refractivity contribution is 5.92. The largest absolute Gasteiger partial charge is 0.463 e. The highest BCUT2D eigenvalue weighted by atomic mass is 16.7. The highest BCUT2D eigenvalue weighted by Gasteiger charge is 2.59. The highest BCUT2D eigenvalue weighted by Crippen LogP contribution is 2.40. The van der Waals surface area contributed by atoms with Gasteiger partial charge in [0.2, 0.25) is 5.91 Å². The van der Waals surface area contributed by atoms with Crippen LogP contribution >= 0.6 is 0 Å². The van der Waals surface area contributed by atoms with Crippen LogP contribution in [-0.4, -0.2) is 59.4 Å². The van der Waals surface area contributed by atoms with Crippen molar-refractivity contribution < 1.29 is 38.1 Å². The number of carbonyl (C=O) groups is 4. The van der Waals surface area contributed by atoms with E-state index in [2.05, 4.69) is 0 Å². The molecule has 1 fully saturated rings. The first kappa shape index (κ1) is 27.4. The van der Waals surface area contributed by atoms with Gasteiger partial charge >= 0.3 is 17.9 Å². The molecule has 0 radical (unpaired) electrons. The zero-order valence-corrected chi connectivity index (χ0v) is 20.4. The van der Waals surface area contributed by atoms with Gasteiger partial charge in [0.15, 0.2) is 17.9 Å². The number of carbonyl (C=O) groups excluding carboxylic acids is 4. The van der Waals surface area contributed by atoms with Crippen LogP contribution in [0.15, 0.2) is 24.0 Å². The van der Waals surface area contributed by atoms with Crippen molar-refractivity contribution in [2.75, 3.05) is 6.61 Å². The topological polar surface area (TPSA) is 134 Å². The SMILES string of the molecule is CCCC(=O)OCC1O[C@](C)(N2C=CCC(C(N)=O)=C2)[C@H](OC(=O)CCC)[C@@H]1OC(=O)CCC. The summed E-state index contributed by atoms with van der Waals surface area (Å²) < 4.78 is 23.1. The quantitative estimate of drug-likeness (QED) is 0.330. The molecule has 2 aliphatic rings. The van der Waals surface area contributed by atoms with E-state index in [0.717, 1.165) is 0 Å². The molecule has 190 valence electrons. The van der Waals surface area contributed by atoms with Gasteiger partial charge in [0, 0.05) is 37.2 Å². The molecule has 1 saturated heterocycles. The third-order valence-corrected chi connectivity index (χ3v) is 5.61. The lowest BCUT2D eigenvalue weighted by atomic mass is 10.0. The van der Waals surface area contributed by atoms with Crippen molar-refractivity contribution in [3.8, 4) is 0 Å². The fraction of sp³-hybridized carbons (Fsp3) is 0.667. The summed E-state index contributed by atoms with van der Waals surface area (Å²) in [5.41, 5.74) is 4.44. The van der Waals surface area contributed by atoms with Gasteiger partial charge in [0.1, 0.15) is 12.7 Å². The van der Waals surface area contributed by atoms with Crippen molar-refractivity contribution in [1.82, 2.24) is 4.90 Å². The van der Waals surface area contributed by atoms with Crippen molar-refractivity contribution in [3.05, 3.63) is 24.0 Å². The first-order valence-electron chi connectivity index (χ1n) is 11.8. The normalized spacial score (nSPS) is 26.1. The van der Waals surface area contributed by atoms with Crippen LogP contribution < -0.4 is 5.73 Å². The van der Waals surface area contributed by atoms with Gasteiger partial charge in [-0.15, -0.1) is 0 Å². The van der Waals surface area contributed by atoms with Crippen molar-refractivity contribution in [1.29, 1.82) is 0 Å². The summed E-state index contributed by atoms with van der Waals surface area (Å²) in [5.74, 6) is -1.97. The van der Waals surface area contributed by atoms with Crippen LogP contribution in [0.5, 0.6) is 0 Å². The van der Waals surface area contributed by atoms with Gasteiger partial charge in [0.25, 0.3) is 0 Å². The van der Waals surface area contributed by atoms with Crippen molar-refractivity contribution >= 4 is 23.8 Å². The smallest absolute Gasteiger partial charge is 0.306 e. The number of hydrogen-bond donors (Lipinski definition) is 1. The molecule has 1 amide bonds. The van der Waals surface area contributed by atoms with Crippen LogP contribution in [0.4, 0.5) is 0 Å². The van der Waals surface area contributed by atoms with Crippen LogP contribution in [0.2, 0.25) is 0 Å². The number of ether oxygens (including phenoxy) is 4. The van der Waals surface area contributed by atoms with Gasteiger partial charge in [-0.3, -0.25) is 19.2 Å². The molecule has 34 heavy (non-hydrogen) atoms. The first-order chi connectivity index (χ1) is 16.2. The fourth-order valence-electron chi connectivity index (χ4n) is 3.86. The van der Waals surface area contributed by atoms with E-state index in [1.807, 2.05) is 20.8 Å². The third-order valence-electron chi connectivity index (χ3n) is 5.61. The van der Waals surface area contributed by atoms with Crippen LogP contribution in [0.1, 0.15) is 72.6 Å². The summed E-state index contributed by atoms with van der Waals surface area (Å²) >= 11 is 0. The molecule has 0 bridgehead atoms. The van der Waals surface area contributed by atoms with Crippen LogP contribution in [-0.2, 0) is 38.1 Å². The number of hydrogen-bond acceptors (Lipinski definition) is 9. The average molecular weight is 481 g/mol. The minimum atomic E-state index is -1.36. The zero-order valence-electron chi connectivity index (χ0n) is 20.4. The maximum atomic E-state index is 12.5. The van der Waals surface area contributed by atoms with Crippen LogP contribution in [0, 0.1) is 0 Å². The number of esters is 3. The molecule has 0 spiro atoms. The number of nitrogens with two attached hydrogens (primary N) is 1. The molecule has 2 rings (SSSR count). The molecule has 0 aromatic rings. The van der Waals surface area contributed by atoms with E-state index in [9.17, 15) is 19.2 Å². The molecule has 0 aromatic heterocycles. The Balaban J connectivity index is 2.43.